The number of phenolic OH excluding ortho intramolecular Hbond substituents is 1. The summed E-state index contributed by atoms with van der Waals surface area (Å²) in [5.41, 5.74) is 1.40. The average molecular weight is 242 g/mol. The van der Waals surface area contributed by atoms with Gasteiger partial charge in [0, 0.05) is 0 Å². The van der Waals surface area contributed by atoms with Crippen LogP contribution in [0, 0.1) is 0 Å². The molecule has 0 fully saturated rings. The van der Waals surface area contributed by atoms with E-state index < -0.39 is 0 Å². The van der Waals surface area contributed by atoms with Crippen LogP contribution in [0.4, 0.5) is 5.69 Å². The van der Waals surface area contributed by atoms with Crippen LogP contribution in [0.1, 0.15) is 26.3 Å². The van der Waals surface area contributed by atoms with Crippen molar-refractivity contribution in [2.24, 2.45) is 0 Å². The highest BCUT2D eigenvalue weighted by atomic mass is 35.5. The van der Waals surface area contributed by atoms with E-state index in [1.54, 1.807) is 12.1 Å². The van der Waals surface area contributed by atoms with Crippen molar-refractivity contribution in [3.63, 3.8) is 0 Å². The van der Waals surface area contributed by atoms with Crippen LogP contribution in [0.15, 0.2) is 18.2 Å². The fraction of sp³-hybridized carbons (Fsp3) is 0.417. The van der Waals surface area contributed by atoms with Gasteiger partial charge in [-0.2, -0.15) is 0 Å². The molecule has 4 heteroatoms. The predicted molar refractivity (Wildman–Crippen MR) is 66.2 cm³/mol. The molecule has 0 radical (unpaired) electrons. The van der Waals surface area contributed by atoms with Crippen LogP contribution in [-0.2, 0) is 10.2 Å². The van der Waals surface area contributed by atoms with E-state index >= 15 is 0 Å². The molecule has 0 heterocycles. The summed E-state index contributed by atoms with van der Waals surface area (Å²) in [6, 6.07) is 5.18. The molecule has 0 spiro atoms. The van der Waals surface area contributed by atoms with Crippen LogP contribution in [0.3, 0.4) is 0 Å². The van der Waals surface area contributed by atoms with E-state index in [1.165, 1.54) is 0 Å². The molecular weight excluding hydrogens is 226 g/mol. The minimum Gasteiger partial charge on any atom is -0.506 e. The number of halogens is 1. The summed E-state index contributed by atoms with van der Waals surface area (Å²) in [7, 11) is 0. The molecule has 0 saturated heterocycles. The number of carbonyl (C=O) groups excluding carboxylic acids is 1. The number of amides is 1. The molecule has 0 aliphatic carbocycles. The topological polar surface area (TPSA) is 49.3 Å². The number of aromatic hydroxyl groups is 1. The summed E-state index contributed by atoms with van der Waals surface area (Å²) in [5, 5.41) is 12.1. The number of anilines is 1. The number of hydrogen-bond acceptors (Lipinski definition) is 2. The molecule has 1 rings (SSSR count). The average Bonchev–Trinajstić information content (AvgIpc) is 2.19. The Hall–Kier alpha value is -1.22. The maximum absolute atomic E-state index is 11.1. The zero-order valence-electron chi connectivity index (χ0n) is 9.67. The molecule has 0 unspecified atom stereocenters. The SMILES string of the molecule is CC(C)(C)c1ccc(O)c(NC(=O)CCl)c1. The third kappa shape index (κ3) is 3.14. The zero-order valence-corrected chi connectivity index (χ0v) is 10.4. The van der Waals surface area contributed by atoms with E-state index in [0.29, 0.717) is 5.69 Å². The fourth-order valence-electron chi connectivity index (χ4n) is 1.29. The Morgan fingerprint density at radius 2 is 2.06 bits per heavy atom. The van der Waals surface area contributed by atoms with Crippen LogP contribution in [0.5, 0.6) is 5.75 Å². The lowest BCUT2D eigenvalue weighted by Gasteiger charge is -2.20. The minimum absolute atomic E-state index is 0.0336. The summed E-state index contributed by atoms with van der Waals surface area (Å²) in [6.45, 7) is 6.19. The number of nitrogens with one attached hydrogen (secondary N) is 1. The number of carbonyl (C=O) groups is 1. The number of benzene rings is 1. The second-order valence-corrected chi connectivity index (χ2v) is 4.93. The number of hydrogen-bond donors (Lipinski definition) is 2. The molecule has 0 atom stereocenters. The molecule has 3 nitrogen and oxygen atoms in total. The van der Waals surface area contributed by atoms with Crippen LogP contribution >= 0.6 is 11.6 Å². The summed E-state index contributed by atoms with van der Waals surface area (Å²) in [4.78, 5) is 11.1. The monoisotopic (exact) mass is 241 g/mol. The third-order valence-corrected chi connectivity index (χ3v) is 2.50. The van der Waals surface area contributed by atoms with Gasteiger partial charge in [-0.25, -0.2) is 0 Å². The number of phenols is 1. The summed E-state index contributed by atoms with van der Waals surface area (Å²) < 4.78 is 0. The molecule has 0 aliphatic heterocycles. The third-order valence-electron chi connectivity index (χ3n) is 2.26. The first-order valence-corrected chi connectivity index (χ1v) is 5.57. The summed E-state index contributed by atoms with van der Waals surface area (Å²) >= 11 is 5.39. The molecule has 0 aliphatic rings. The molecule has 88 valence electrons. The van der Waals surface area contributed by atoms with Crippen molar-refractivity contribution in [3.8, 4) is 5.75 Å². The van der Waals surface area contributed by atoms with Gasteiger partial charge in [-0.05, 0) is 23.1 Å². The van der Waals surface area contributed by atoms with Crippen LogP contribution in [0.25, 0.3) is 0 Å². The Bertz CT molecular complexity index is 396. The Morgan fingerprint density at radius 1 is 1.44 bits per heavy atom. The van der Waals surface area contributed by atoms with E-state index in [9.17, 15) is 9.90 Å². The van der Waals surface area contributed by atoms with Gasteiger partial charge in [0.25, 0.3) is 0 Å². The largest absolute Gasteiger partial charge is 0.506 e. The van der Waals surface area contributed by atoms with E-state index in [0.717, 1.165) is 5.56 Å². The first kappa shape index (κ1) is 12.8. The molecule has 2 N–H and O–H groups in total. The lowest BCUT2D eigenvalue weighted by atomic mass is 9.87. The molecule has 0 saturated carbocycles. The Morgan fingerprint density at radius 3 is 2.56 bits per heavy atom. The van der Waals surface area contributed by atoms with E-state index in [1.807, 2.05) is 6.07 Å². The highest BCUT2D eigenvalue weighted by Crippen LogP contribution is 2.30. The Kier molecular flexibility index (Phi) is 3.81. The highest BCUT2D eigenvalue weighted by molar-refractivity contribution is 6.29. The standard InChI is InChI=1S/C12H16ClNO2/c1-12(2,3)8-4-5-10(15)9(6-8)14-11(16)7-13/h4-6,15H,7H2,1-3H3,(H,14,16). The van der Waals surface area contributed by atoms with Crippen molar-refractivity contribution in [2.45, 2.75) is 26.2 Å². The van der Waals surface area contributed by atoms with Gasteiger partial charge < -0.3 is 10.4 Å². The van der Waals surface area contributed by atoms with Crippen molar-refractivity contribution in [1.29, 1.82) is 0 Å². The quantitative estimate of drug-likeness (QED) is 0.618. The summed E-state index contributed by atoms with van der Waals surface area (Å²) in [5.74, 6) is -0.409. The number of rotatable bonds is 2. The van der Waals surface area contributed by atoms with Crippen molar-refractivity contribution < 1.29 is 9.90 Å². The lowest BCUT2D eigenvalue weighted by Crippen LogP contribution is -2.15. The summed E-state index contributed by atoms with van der Waals surface area (Å²) in [6.07, 6.45) is 0. The van der Waals surface area contributed by atoms with Gasteiger partial charge in [-0.1, -0.05) is 26.8 Å². The van der Waals surface area contributed by atoms with E-state index in [4.69, 9.17) is 11.6 Å². The molecule has 0 aromatic heterocycles. The van der Waals surface area contributed by atoms with E-state index in [-0.39, 0.29) is 23.0 Å². The van der Waals surface area contributed by atoms with Gasteiger partial charge >= 0.3 is 0 Å². The van der Waals surface area contributed by atoms with Gasteiger partial charge in [-0.3, -0.25) is 4.79 Å². The first-order valence-electron chi connectivity index (χ1n) is 5.04. The second kappa shape index (κ2) is 4.74. The van der Waals surface area contributed by atoms with Crippen molar-refractivity contribution in [2.75, 3.05) is 11.2 Å². The van der Waals surface area contributed by atoms with Crippen LogP contribution in [-0.4, -0.2) is 16.9 Å². The molecule has 16 heavy (non-hydrogen) atoms. The van der Waals surface area contributed by atoms with Gasteiger partial charge in [0.1, 0.15) is 11.6 Å². The highest BCUT2D eigenvalue weighted by Gasteiger charge is 2.16. The van der Waals surface area contributed by atoms with Gasteiger partial charge in [-0.15, -0.1) is 11.6 Å². The fourth-order valence-corrected chi connectivity index (χ4v) is 1.35. The number of alkyl halides is 1. The molecule has 0 bridgehead atoms. The van der Waals surface area contributed by atoms with E-state index in [2.05, 4.69) is 26.1 Å². The van der Waals surface area contributed by atoms with Crippen molar-refractivity contribution >= 4 is 23.2 Å². The molecule has 1 aromatic rings. The van der Waals surface area contributed by atoms with Gasteiger partial charge in [0.15, 0.2) is 0 Å². The maximum Gasteiger partial charge on any atom is 0.239 e. The molecular formula is C12H16ClNO2. The first-order chi connectivity index (χ1) is 7.34. The maximum atomic E-state index is 11.1. The Balaban J connectivity index is 3.04. The normalized spacial score (nSPS) is 11.2. The van der Waals surface area contributed by atoms with Crippen molar-refractivity contribution in [1.82, 2.24) is 0 Å². The second-order valence-electron chi connectivity index (χ2n) is 4.66. The molecule has 1 amide bonds. The molecule has 1 aromatic carbocycles. The van der Waals surface area contributed by atoms with Gasteiger partial charge in [0.05, 0.1) is 5.69 Å². The Labute approximate surface area is 100 Å². The smallest absolute Gasteiger partial charge is 0.239 e. The van der Waals surface area contributed by atoms with Crippen LogP contribution in [0.2, 0.25) is 0 Å². The predicted octanol–water partition coefficient (Wildman–Crippen LogP) is 2.87. The minimum atomic E-state index is -0.331. The van der Waals surface area contributed by atoms with Crippen molar-refractivity contribution in [3.05, 3.63) is 23.8 Å². The van der Waals surface area contributed by atoms with Gasteiger partial charge in [0.2, 0.25) is 5.91 Å². The lowest BCUT2D eigenvalue weighted by molar-refractivity contribution is -0.113. The zero-order chi connectivity index (χ0) is 12.3. The van der Waals surface area contributed by atoms with Crippen LogP contribution < -0.4 is 5.32 Å².